The average molecular weight is 505 g/mol. The SMILES string of the molecule is CC(=O)Nc1cc(Oc2cnc3nc(Nc4cc(C(C)(C)C)n(C[C@H]5CCOC5)n4)n(C)c3c2)ccn1. The highest BCUT2D eigenvalue weighted by atomic mass is 16.5. The number of hydrogen-bond donors (Lipinski definition) is 2. The highest BCUT2D eigenvalue weighted by Gasteiger charge is 2.25. The number of amides is 1. The van der Waals surface area contributed by atoms with Crippen molar-refractivity contribution in [2.45, 2.75) is 46.1 Å². The van der Waals surface area contributed by atoms with Crippen LogP contribution >= 0.6 is 0 Å². The Balaban J connectivity index is 1.38. The molecule has 37 heavy (non-hydrogen) atoms. The van der Waals surface area contributed by atoms with Crippen LogP contribution in [0.5, 0.6) is 11.5 Å². The molecular formula is C26H32N8O3. The second kappa shape index (κ2) is 9.81. The molecule has 1 saturated heterocycles. The van der Waals surface area contributed by atoms with Crippen LogP contribution in [0.1, 0.15) is 39.8 Å². The summed E-state index contributed by atoms with van der Waals surface area (Å²) in [5.74, 6) is 3.14. The third-order valence-electron chi connectivity index (χ3n) is 6.23. The van der Waals surface area contributed by atoms with E-state index in [1.54, 1.807) is 24.5 Å². The van der Waals surface area contributed by atoms with E-state index in [0.29, 0.717) is 34.8 Å². The first kappa shape index (κ1) is 24.7. The van der Waals surface area contributed by atoms with Gasteiger partial charge in [-0.15, -0.1) is 0 Å². The lowest BCUT2D eigenvalue weighted by molar-refractivity contribution is -0.114. The number of pyridine rings is 2. The molecule has 4 aromatic heterocycles. The van der Waals surface area contributed by atoms with Crippen molar-refractivity contribution < 1.29 is 14.3 Å². The zero-order valence-electron chi connectivity index (χ0n) is 21.8. The van der Waals surface area contributed by atoms with E-state index in [-0.39, 0.29) is 11.3 Å². The molecule has 1 aliphatic rings. The van der Waals surface area contributed by atoms with Gasteiger partial charge < -0.3 is 24.7 Å². The standard InChI is InChI=1S/C26H32N8O3/c1-16(35)29-22-11-18(6-8-27-22)37-19-10-20-24(28-13-19)31-25(33(20)5)30-23-12-21(26(2,3)4)34(32-23)14-17-7-9-36-15-17/h6,8,10-13,17H,7,9,14-15H2,1-5H3,(H,27,29,35)(H,28,30,31,32)/t17-/m1/s1. The van der Waals surface area contributed by atoms with E-state index in [9.17, 15) is 4.79 Å². The Morgan fingerprint density at radius 1 is 1.19 bits per heavy atom. The first-order chi connectivity index (χ1) is 17.7. The highest BCUT2D eigenvalue weighted by Crippen LogP contribution is 2.30. The van der Waals surface area contributed by atoms with Gasteiger partial charge in [0.2, 0.25) is 11.9 Å². The van der Waals surface area contributed by atoms with Gasteiger partial charge in [-0.3, -0.25) is 9.48 Å². The van der Waals surface area contributed by atoms with Crippen molar-refractivity contribution in [3.8, 4) is 11.5 Å². The summed E-state index contributed by atoms with van der Waals surface area (Å²) >= 11 is 0. The molecule has 1 aliphatic heterocycles. The third kappa shape index (κ3) is 5.56. The minimum absolute atomic E-state index is 0.0563. The molecule has 1 fully saturated rings. The molecule has 0 unspecified atom stereocenters. The van der Waals surface area contributed by atoms with Gasteiger partial charge in [0.25, 0.3) is 0 Å². The molecule has 5 heterocycles. The molecule has 5 rings (SSSR count). The van der Waals surface area contributed by atoms with E-state index in [4.69, 9.17) is 14.6 Å². The van der Waals surface area contributed by atoms with Crippen molar-refractivity contribution in [1.82, 2.24) is 29.3 Å². The molecule has 4 aromatic rings. The molecule has 0 saturated carbocycles. The molecule has 0 spiro atoms. The maximum Gasteiger partial charge on any atom is 0.222 e. The van der Waals surface area contributed by atoms with Crippen molar-refractivity contribution in [2.24, 2.45) is 13.0 Å². The summed E-state index contributed by atoms with van der Waals surface area (Å²) in [5, 5.41) is 10.9. The van der Waals surface area contributed by atoms with Crippen molar-refractivity contribution >= 4 is 34.7 Å². The number of nitrogens with one attached hydrogen (secondary N) is 2. The van der Waals surface area contributed by atoms with Gasteiger partial charge in [-0.05, 0) is 12.5 Å². The minimum Gasteiger partial charge on any atom is -0.455 e. The van der Waals surface area contributed by atoms with Gasteiger partial charge >= 0.3 is 0 Å². The molecule has 0 aliphatic carbocycles. The number of anilines is 3. The zero-order valence-corrected chi connectivity index (χ0v) is 21.8. The summed E-state index contributed by atoms with van der Waals surface area (Å²) < 4.78 is 15.6. The molecule has 0 radical (unpaired) electrons. The predicted octanol–water partition coefficient (Wildman–Crippen LogP) is 4.39. The topological polar surface area (TPSA) is 121 Å². The monoisotopic (exact) mass is 504 g/mol. The van der Waals surface area contributed by atoms with Crippen molar-refractivity contribution in [2.75, 3.05) is 23.8 Å². The number of aromatic nitrogens is 6. The summed E-state index contributed by atoms with van der Waals surface area (Å²) in [6.45, 7) is 10.4. The summed E-state index contributed by atoms with van der Waals surface area (Å²) in [7, 11) is 1.92. The van der Waals surface area contributed by atoms with E-state index in [0.717, 1.165) is 43.2 Å². The molecule has 0 aromatic carbocycles. The van der Waals surface area contributed by atoms with Gasteiger partial charge in [0.1, 0.15) is 17.3 Å². The van der Waals surface area contributed by atoms with Crippen LogP contribution in [0.4, 0.5) is 17.6 Å². The van der Waals surface area contributed by atoms with Crippen LogP contribution in [-0.2, 0) is 28.5 Å². The highest BCUT2D eigenvalue weighted by molar-refractivity contribution is 5.87. The molecular weight excluding hydrogens is 472 g/mol. The Hall–Kier alpha value is -3.99. The summed E-state index contributed by atoms with van der Waals surface area (Å²) in [6.07, 6.45) is 4.25. The molecule has 1 amide bonds. The number of aryl methyl sites for hydroxylation is 1. The number of carbonyl (C=O) groups excluding carboxylic acids is 1. The Kier molecular flexibility index (Phi) is 6.55. The lowest BCUT2D eigenvalue weighted by Gasteiger charge is -2.21. The first-order valence-electron chi connectivity index (χ1n) is 12.3. The number of carbonyl (C=O) groups is 1. The van der Waals surface area contributed by atoms with Crippen molar-refractivity contribution in [3.63, 3.8) is 0 Å². The average Bonchev–Trinajstić information content (AvgIpc) is 3.55. The molecule has 0 bridgehead atoms. The van der Waals surface area contributed by atoms with Crippen LogP contribution in [0.2, 0.25) is 0 Å². The van der Waals surface area contributed by atoms with Crippen molar-refractivity contribution in [1.29, 1.82) is 0 Å². The fourth-order valence-electron chi connectivity index (χ4n) is 4.38. The number of fused-ring (bicyclic) bond motifs is 1. The number of rotatable bonds is 7. The van der Waals surface area contributed by atoms with E-state index in [2.05, 4.69) is 57.1 Å². The lowest BCUT2D eigenvalue weighted by Crippen LogP contribution is -2.21. The second-order valence-corrected chi connectivity index (χ2v) is 10.4. The minimum atomic E-state index is -0.199. The maximum absolute atomic E-state index is 11.3. The van der Waals surface area contributed by atoms with Crippen LogP contribution in [0.15, 0.2) is 36.7 Å². The summed E-state index contributed by atoms with van der Waals surface area (Å²) in [6, 6.07) is 7.33. The van der Waals surface area contributed by atoms with Crippen LogP contribution in [0.3, 0.4) is 0 Å². The van der Waals surface area contributed by atoms with Crippen LogP contribution < -0.4 is 15.4 Å². The molecule has 11 heteroatoms. The molecule has 2 N–H and O–H groups in total. The summed E-state index contributed by atoms with van der Waals surface area (Å²) in [4.78, 5) is 24.6. The second-order valence-electron chi connectivity index (χ2n) is 10.4. The van der Waals surface area contributed by atoms with E-state index < -0.39 is 0 Å². The van der Waals surface area contributed by atoms with Crippen molar-refractivity contribution in [3.05, 3.63) is 42.4 Å². The van der Waals surface area contributed by atoms with E-state index in [1.165, 1.54) is 6.92 Å². The maximum atomic E-state index is 11.3. The number of ether oxygens (including phenoxy) is 2. The summed E-state index contributed by atoms with van der Waals surface area (Å²) in [5.41, 5.74) is 2.49. The fourth-order valence-corrected chi connectivity index (χ4v) is 4.38. The quantitative estimate of drug-likeness (QED) is 0.380. The zero-order chi connectivity index (χ0) is 26.2. The molecule has 1 atom stereocenters. The fraction of sp³-hybridized carbons (Fsp3) is 0.423. The third-order valence-corrected chi connectivity index (χ3v) is 6.23. The largest absolute Gasteiger partial charge is 0.455 e. The normalized spacial score (nSPS) is 15.8. The Morgan fingerprint density at radius 2 is 2.03 bits per heavy atom. The Labute approximate surface area is 215 Å². The molecule has 11 nitrogen and oxygen atoms in total. The number of nitrogens with zero attached hydrogens (tertiary/aromatic N) is 6. The number of hydrogen-bond acceptors (Lipinski definition) is 8. The van der Waals surface area contributed by atoms with Crippen LogP contribution in [0, 0.1) is 5.92 Å². The first-order valence-corrected chi connectivity index (χ1v) is 12.3. The van der Waals surface area contributed by atoms with E-state index in [1.807, 2.05) is 17.7 Å². The Morgan fingerprint density at radius 3 is 2.76 bits per heavy atom. The van der Waals surface area contributed by atoms with Gasteiger partial charge in [0, 0.05) is 68.5 Å². The van der Waals surface area contributed by atoms with Gasteiger partial charge in [-0.2, -0.15) is 10.1 Å². The molecule has 194 valence electrons. The van der Waals surface area contributed by atoms with Gasteiger partial charge in [-0.1, -0.05) is 20.8 Å². The van der Waals surface area contributed by atoms with Gasteiger partial charge in [-0.25, -0.2) is 9.97 Å². The lowest BCUT2D eigenvalue weighted by atomic mass is 9.92. The van der Waals surface area contributed by atoms with Crippen LogP contribution in [-0.4, -0.2) is 48.4 Å². The smallest absolute Gasteiger partial charge is 0.222 e. The van der Waals surface area contributed by atoms with Gasteiger partial charge in [0.15, 0.2) is 11.5 Å². The Bertz CT molecular complexity index is 1430. The van der Waals surface area contributed by atoms with Crippen LogP contribution in [0.25, 0.3) is 11.2 Å². The predicted molar refractivity (Wildman–Crippen MR) is 140 cm³/mol. The number of imidazole rings is 1. The van der Waals surface area contributed by atoms with Gasteiger partial charge in [0.05, 0.1) is 18.3 Å². The van der Waals surface area contributed by atoms with E-state index >= 15 is 0 Å².